The van der Waals surface area contributed by atoms with Crippen LogP contribution in [0, 0.1) is 31.6 Å². The van der Waals surface area contributed by atoms with Crippen LogP contribution in [0.25, 0.3) is 0 Å². The van der Waals surface area contributed by atoms with Gasteiger partial charge in [0.05, 0.1) is 5.56 Å². The number of nitrogens with one attached hydrogen (secondary N) is 2. The number of hydrogen-bond acceptors (Lipinski definition) is 5. The number of thiophene rings is 1. The van der Waals surface area contributed by atoms with Crippen molar-refractivity contribution in [1.82, 2.24) is 5.32 Å². The van der Waals surface area contributed by atoms with Crippen molar-refractivity contribution in [3.05, 3.63) is 16.0 Å². The fraction of sp³-hybridized carbons (Fsp3) is 0.667. The third-order valence-corrected chi connectivity index (χ3v) is 7.46. The van der Waals surface area contributed by atoms with Crippen LogP contribution in [0.4, 0.5) is 5.00 Å². The fourth-order valence-corrected chi connectivity index (χ4v) is 5.84. The minimum absolute atomic E-state index is 0.0871. The maximum absolute atomic E-state index is 12.7. The Bertz CT molecular complexity index is 788. The van der Waals surface area contributed by atoms with Gasteiger partial charge in [0, 0.05) is 17.8 Å². The Labute approximate surface area is 170 Å². The number of fused-ring (bicyclic) bond motifs is 2. The van der Waals surface area contributed by atoms with Crippen molar-refractivity contribution in [2.24, 2.45) is 17.8 Å². The van der Waals surface area contributed by atoms with Crippen molar-refractivity contribution in [1.29, 1.82) is 0 Å². The molecule has 0 unspecified atom stereocenters. The van der Waals surface area contributed by atoms with Gasteiger partial charge in [0.1, 0.15) is 5.00 Å². The van der Waals surface area contributed by atoms with Crippen LogP contribution in [0.2, 0.25) is 0 Å². The predicted octanol–water partition coefficient (Wildman–Crippen LogP) is 3.81. The van der Waals surface area contributed by atoms with Gasteiger partial charge in [-0.3, -0.25) is 9.59 Å². The van der Waals surface area contributed by atoms with Crippen molar-refractivity contribution in [3.8, 4) is 0 Å². The molecule has 2 fully saturated rings. The van der Waals surface area contributed by atoms with E-state index < -0.39 is 12.1 Å². The molecule has 1 aromatic heterocycles. The minimum atomic E-state index is -0.890. The number of anilines is 1. The largest absolute Gasteiger partial charge is 0.449 e. The summed E-state index contributed by atoms with van der Waals surface area (Å²) in [7, 11) is 0. The summed E-state index contributed by atoms with van der Waals surface area (Å²) in [5, 5.41) is 6.20. The zero-order chi connectivity index (χ0) is 20.6. The molecule has 1 aromatic rings. The first-order valence-electron chi connectivity index (χ1n) is 10.1. The van der Waals surface area contributed by atoms with Gasteiger partial charge in [-0.1, -0.05) is 6.42 Å². The summed E-state index contributed by atoms with van der Waals surface area (Å²) in [4.78, 5) is 37.6. The molecule has 5 atom stereocenters. The lowest BCUT2D eigenvalue weighted by Crippen LogP contribution is -2.45. The molecule has 154 valence electrons. The van der Waals surface area contributed by atoms with E-state index in [9.17, 15) is 14.4 Å². The molecule has 0 saturated heterocycles. The van der Waals surface area contributed by atoms with Gasteiger partial charge in [0.15, 0.2) is 6.10 Å². The molecule has 1 heterocycles. The van der Waals surface area contributed by atoms with E-state index in [0.717, 1.165) is 22.3 Å². The maximum atomic E-state index is 12.7. The Morgan fingerprint density at radius 1 is 1.14 bits per heavy atom. The van der Waals surface area contributed by atoms with Gasteiger partial charge < -0.3 is 15.4 Å². The SMILES string of the molecule is CC(=O)Nc1sc(C)c(C)c1C(=O)O[C@H](C)C(=O)N[C@H](C)[C@H]1C[C@H]2CC[C@H]1C2. The number of amides is 2. The molecule has 2 aliphatic rings. The van der Waals surface area contributed by atoms with Crippen LogP contribution < -0.4 is 10.6 Å². The highest BCUT2D eigenvalue weighted by molar-refractivity contribution is 7.16. The van der Waals surface area contributed by atoms with Crippen molar-refractivity contribution in [2.45, 2.75) is 72.4 Å². The summed E-state index contributed by atoms with van der Waals surface area (Å²) < 4.78 is 5.44. The number of aryl methyl sites for hydroxylation is 1. The fourth-order valence-electron chi connectivity index (χ4n) is 4.75. The molecule has 2 saturated carbocycles. The molecule has 3 rings (SSSR count). The molecule has 2 amide bonds. The van der Waals surface area contributed by atoms with Gasteiger partial charge in [-0.25, -0.2) is 4.79 Å². The number of carbonyl (C=O) groups is 3. The molecule has 2 N–H and O–H groups in total. The molecule has 6 nitrogen and oxygen atoms in total. The van der Waals surface area contributed by atoms with Crippen LogP contribution in [0.5, 0.6) is 0 Å². The summed E-state index contributed by atoms with van der Waals surface area (Å²) in [6.07, 6.45) is 4.18. The van der Waals surface area contributed by atoms with Gasteiger partial charge in [0.25, 0.3) is 5.91 Å². The lowest BCUT2D eigenvalue weighted by atomic mass is 9.84. The second-order valence-corrected chi connectivity index (χ2v) is 9.58. The zero-order valence-electron chi connectivity index (χ0n) is 17.3. The Balaban J connectivity index is 1.61. The third-order valence-electron chi connectivity index (χ3n) is 6.34. The Hall–Kier alpha value is -1.89. The first-order valence-corrected chi connectivity index (χ1v) is 10.9. The quantitative estimate of drug-likeness (QED) is 0.704. The highest BCUT2D eigenvalue weighted by Crippen LogP contribution is 2.49. The normalized spacial score (nSPS) is 25.2. The van der Waals surface area contributed by atoms with E-state index in [1.807, 2.05) is 13.8 Å². The number of esters is 1. The first kappa shape index (κ1) is 20.8. The zero-order valence-corrected chi connectivity index (χ0v) is 18.1. The smallest absolute Gasteiger partial charge is 0.342 e. The van der Waals surface area contributed by atoms with Crippen molar-refractivity contribution in [2.75, 3.05) is 5.32 Å². The van der Waals surface area contributed by atoms with Gasteiger partial charge in [0.2, 0.25) is 5.91 Å². The summed E-state index contributed by atoms with van der Waals surface area (Å²) in [5.74, 6) is 0.964. The Morgan fingerprint density at radius 3 is 2.43 bits per heavy atom. The highest BCUT2D eigenvalue weighted by Gasteiger charge is 2.42. The monoisotopic (exact) mass is 406 g/mol. The number of rotatable bonds is 6. The summed E-state index contributed by atoms with van der Waals surface area (Å²) in [6.45, 7) is 8.74. The first-order chi connectivity index (χ1) is 13.2. The topological polar surface area (TPSA) is 84.5 Å². The van der Waals surface area contributed by atoms with Gasteiger partial charge in [-0.15, -0.1) is 11.3 Å². The van der Waals surface area contributed by atoms with Gasteiger partial charge >= 0.3 is 5.97 Å². The molecule has 0 radical (unpaired) electrons. The number of hydrogen-bond donors (Lipinski definition) is 2. The molecule has 0 aromatic carbocycles. The summed E-state index contributed by atoms with van der Waals surface area (Å²) >= 11 is 1.33. The Kier molecular flexibility index (Phi) is 6.12. The standard InChI is InChI=1S/C21H30N2O4S/c1-10-13(4)28-20(23-14(5)24)18(10)21(26)27-12(3)19(25)22-11(2)17-9-15-6-7-16(17)8-15/h11-12,15-17H,6-9H2,1-5H3,(H,22,25)(H,23,24)/t11-,12-,15+,16+,17-/m1/s1. The van der Waals surface area contributed by atoms with E-state index in [1.54, 1.807) is 6.92 Å². The van der Waals surface area contributed by atoms with Crippen LogP contribution in [0.1, 0.15) is 67.3 Å². The number of ether oxygens (including phenoxy) is 1. The molecule has 0 spiro atoms. The van der Waals surface area contributed by atoms with E-state index >= 15 is 0 Å². The van der Waals surface area contributed by atoms with E-state index in [1.165, 1.54) is 43.9 Å². The summed E-state index contributed by atoms with van der Waals surface area (Å²) in [6, 6.07) is 0.0871. The molecule has 7 heteroatoms. The van der Waals surface area contributed by atoms with E-state index in [4.69, 9.17) is 4.74 Å². The average Bonchev–Trinajstić information content (AvgIpc) is 3.30. The lowest BCUT2D eigenvalue weighted by Gasteiger charge is -2.29. The van der Waals surface area contributed by atoms with Crippen LogP contribution in [-0.2, 0) is 14.3 Å². The van der Waals surface area contributed by atoms with Gasteiger partial charge in [-0.2, -0.15) is 0 Å². The predicted molar refractivity (Wildman–Crippen MR) is 110 cm³/mol. The van der Waals surface area contributed by atoms with E-state index in [-0.39, 0.29) is 17.9 Å². The second-order valence-electron chi connectivity index (χ2n) is 8.35. The highest BCUT2D eigenvalue weighted by atomic mass is 32.1. The van der Waals surface area contributed by atoms with Gasteiger partial charge in [-0.05, 0) is 70.3 Å². The van der Waals surface area contributed by atoms with Crippen LogP contribution >= 0.6 is 11.3 Å². The van der Waals surface area contributed by atoms with Crippen LogP contribution in [0.15, 0.2) is 0 Å². The lowest BCUT2D eigenvalue weighted by molar-refractivity contribution is -0.130. The number of carbonyl (C=O) groups excluding carboxylic acids is 3. The molecule has 28 heavy (non-hydrogen) atoms. The average molecular weight is 407 g/mol. The molecular weight excluding hydrogens is 376 g/mol. The van der Waals surface area contributed by atoms with Crippen LogP contribution in [0.3, 0.4) is 0 Å². The maximum Gasteiger partial charge on any atom is 0.342 e. The second kappa shape index (κ2) is 8.23. The van der Waals surface area contributed by atoms with Crippen LogP contribution in [-0.4, -0.2) is 29.9 Å². The minimum Gasteiger partial charge on any atom is -0.449 e. The molecule has 2 aliphatic carbocycles. The third kappa shape index (κ3) is 4.24. The van der Waals surface area contributed by atoms with E-state index in [0.29, 0.717) is 16.5 Å². The Morgan fingerprint density at radius 2 is 1.86 bits per heavy atom. The van der Waals surface area contributed by atoms with E-state index in [2.05, 4.69) is 17.6 Å². The molecule has 2 bridgehead atoms. The molecular formula is C21H30N2O4S. The summed E-state index contributed by atoms with van der Waals surface area (Å²) in [5.41, 5.74) is 1.10. The van der Waals surface area contributed by atoms with Crippen molar-refractivity contribution < 1.29 is 19.1 Å². The van der Waals surface area contributed by atoms with Crippen molar-refractivity contribution in [3.63, 3.8) is 0 Å². The van der Waals surface area contributed by atoms with Crippen molar-refractivity contribution >= 4 is 34.1 Å². The molecule has 0 aliphatic heterocycles.